The summed E-state index contributed by atoms with van der Waals surface area (Å²) in [5, 5.41) is 16.1. The van der Waals surface area contributed by atoms with Gasteiger partial charge in [-0.15, -0.1) is 0 Å². The van der Waals surface area contributed by atoms with Crippen LogP contribution in [0.4, 0.5) is 4.79 Å². The van der Waals surface area contributed by atoms with Crippen molar-refractivity contribution in [2.75, 3.05) is 13.2 Å². The second kappa shape index (κ2) is 6.56. The molecule has 108 valence electrons. The number of nitrogens with one attached hydrogen (secondary N) is 1. The number of alkyl carbamates (subject to hydrolysis) is 1. The monoisotopic (exact) mass is 269 g/mol. The minimum absolute atomic E-state index is 0.000970. The van der Waals surface area contributed by atoms with E-state index in [-0.39, 0.29) is 12.5 Å². The Morgan fingerprint density at radius 3 is 2.74 bits per heavy atom. The van der Waals surface area contributed by atoms with Crippen LogP contribution in [0.2, 0.25) is 0 Å². The molecule has 1 rings (SSSR count). The van der Waals surface area contributed by atoms with Crippen molar-refractivity contribution >= 4 is 6.09 Å². The first-order chi connectivity index (χ1) is 8.81. The zero-order valence-corrected chi connectivity index (χ0v) is 12.0. The second-order valence-corrected chi connectivity index (χ2v) is 5.58. The summed E-state index contributed by atoms with van der Waals surface area (Å²) in [6.45, 7) is 5.81. The molecule has 0 aromatic carbocycles. The van der Waals surface area contributed by atoms with Crippen molar-refractivity contribution in [2.24, 2.45) is 13.0 Å². The average molecular weight is 269 g/mol. The number of carbonyl (C=O) groups excluding carboxylic acids is 1. The molecule has 0 radical (unpaired) electrons. The number of aliphatic hydroxyl groups is 1. The lowest BCUT2D eigenvalue weighted by Gasteiger charge is -2.21. The molecule has 0 aliphatic rings. The van der Waals surface area contributed by atoms with E-state index < -0.39 is 11.7 Å². The summed E-state index contributed by atoms with van der Waals surface area (Å²) in [4.78, 5) is 11.5. The third kappa shape index (κ3) is 5.74. The topological polar surface area (TPSA) is 76.4 Å². The summed E-state index contributed by atoms with van der Waals surface area (Å²) in [6, 6.07) is 1.90. The van der Waals surface area contributed by atoms with Gasteiger partial charge in [-0.3, -0.25) is 4.68 Å². The molecule has 19 heavy (non-hydrogen) atoms. The van der Waals surface area contributed by atoms with E-state index in [1.54, 1.807) is 10.9 Å². The molecule has 2 N–H and O–H groups in total. The number of aromatic nitrogens is 2. The van der Waals surface area contributed by atoms with Crippen LogP contribution in [-0.4, -0.2) is 39.7 Å². The fourth-order valence-electron chi connectivity index (χ4n) is 1.64. The first-order valence-corrected chi connectivity index (χ1v) is 6.36. The zero-order valence-electron chi connectivity index (χ0n) is 12.0. The van der Waals surface area contributed by atoms with Crippen LogP contribution in [0.1, 0.15) is 26.5 Å². The van der Waals surface area contributed by atoms with Crippen molar-refractivity contribution in [2.45, 2.75) is 32.8 Å². The fourth-order valence-corrected chi connectivity index (χ4v) is 1.64. The highest BCUT2D eigenvalue weighted by Crippen LogP contribution is 2.09. The Morgan fingerprint density at radius 1 is 1.58 bits per heavy atom. The maximum atomic E-state index is 11.5. The highest BCUT2D eigenvalue weighted by Gasteiger charge is 2.18. The number of aryl methyl sites for hydroxylation is 1. The van der Waals surface area contributed by atoms with E-state index in [1.807, 2.05) is 33.9 Å². The van der Waals surface area contributed by atoms with Crippen LogP contribution < -0.4 is 5.32 Å². The molecule has 1 aromatic rings. The van der Waals surface area contributed by atoms with E-state index in [4.69, 9.17) is 4.74 Å². The lowest BCUT2D eigenvalue weighted by molar-refractivity contribution is 0.0512. The minimum Gasteiger partial charge on any atom is -0.444 e. The standard InChI is InChI=1S/C13H23N3O3/c1-13(2,3)19-12(18)14-8-10(9-17)7-11-5-6-15-16(11)4/h5-6,10,17H,7-9H2,1-4H3,(H,14,18)/t10-/m1/s1. The van der Waals surface area contributed by atoms with Gasteiger partial charge in [0, 0.05) is 38.0 Å². The smallest absolute Gasteiger partial charge is 0.407 e. The summed E-state index contributed by atoms with van der Waals surface area (Å²) < 4.78 is 6.90. The van der Waals surface area contributed by atoms with Gasteiger partial charge >= 0.3 is 6.09 Å². The number of amides is 1. The van der Waals surface area contributed by atoms with E-state index >= 15 is 0 Å². The molecule has 0 saturated heterocycles. The molecule has 6 heteroatoms. The van der Waals surface area contributed by atoms with Gasteiger partial charge in [0.05, 0.1) is 0 Å². The van der Waals surface area contributed by atoms with E-state index in [9.17, 15) is 9.90 Å². The first kappa shape index (κ1) is 15.5. The van der Waals surface area contributed by atoms with E-state index in [0.29, 0.717) is 13.0 Å². The summed E-state index contributed by atoms with van der Waals surface area (Å²) in [5.74, 6) is -0.0529. The third-order valence-electron chi connectivity index (χ3n) is 2.61. The molecular formula is C13H23N3O3. The quantitative estimate of drug-likeness (QED) is 0.839. The largest absolute Gasteiger partial charge is 0.444 e. The lowest BCUT2D eigenvalue weighted by Crippen LogP contribution is -2.36. The molecule has 0 aliphatic carbocycles. The summed E-state index contributed by atoms with van der Waals surface area (Å²) in [7, 11) is 1.85. The average Bonchev–Trinajstić information content (AvgIpc) is 2.67. The minimum atomic E-state index is -0.513. The molecule has 1 atom stereocenters. The van der Waals surface area contributed by atoms with Gasteiger partial charge in [0.15, 0.2) is 0 Å². The van der Waals surface area contributed by atoms with Crippen LogP contribution in [0.15, 0.2) is 12.3 Å². The van der Waals surface area contributed by atoms with Crippen molar-refractivity contribution in [3.05, 3.63) is 18.0 Å². The predicted molar refractivity (Wildman–Crippen MR) is 71.7 cm³/mol. The summed E-state index contributed by atoms with van der Waals surface area (Å²) >= 11 is 0. The van der Waals surface area contributed by atoms with Gasteiger partial charge in [0.1, 0.15) is 5.60 Å². The van der Waals surface area contributed by atoms with Crippen LogP contribution in [-0.2, 0) is 18.2 Å². The Kier molecular flexibility index (Phi) is 5.35. The van der Waals surface area contributed by atoms with Gasteiger partial charge in [-0.25, -0.2) is 4.79 Å². The Balaban J connectivity index is 2.41. The van der Waals surface area contributed by atoms with Crippen LogP contribution >= 0.6 is 0 Å². The molecule has 0 saturated carbocycles. The Labute approximate surface area is 113 Å². The fraction of sp³-hybridized carbons (Fsp3) is 0.692. The maximum Gasteiger partial charge on any atom is 0.407 e. The number of aliphatic hydroxyl groups excluding tert-OH is 1. The zero-order chi connectivity index (χ0) is 14.5. The Morgan fingerprint density at radius 2 is 2.26 bits per heavy atom. The van der Waals surface area contributed by atoms with E-state index in [2.05, 4.69) is 10.4 Å². The van der Waals surface area contributed by atoms with Crippen LogP contribution in [0, 0.1) is 5.92 Å². The second-order valence-electron chi connectivity index (χ2n) is 5.58. The predicted octanol–water partition coefficient (Wildman–Crippen LogP) is 1.10. The van der Waals surface area contributed by atoms with Gasteiger partial charge in [-0.05, 0) is 33.3 Å². The van der Waals surface area contributed by atoms with Crippen LogP contribution in [0.5, 0.6) is 0 Å². The van der Waals surface area contributed by atoms with Crippen molar-refractivity contribution < 1.29 is 14.6 Å². The van der Waals surface area contributed by atoms with Gasteiger partial charge in [0.25, 0.3) is 0 Å². The van der Waals surface area contributed by atoms with Crippen LogP contribution in [0.25, 0.3) is 0 Å². The van der Waals surface area contributed by atoms with Gasteiger partial charge in [-0.1, -0.05) is 0 Å². The number of carbonyl (C=O) groups is 1. The maximum absolute atomic E-state index is 11.5. The highest BCUT2D eigenvalue weighted by molar-refractivity contribution is 5.67. The molecular weight excluding hydrogens is 246 g/mol. The van der Waals surface area contributed by atoms with Crippen molar-refractivity contribution in [1.82, 2.24) is 15.1 Å². The highest BCUT2D eigenvalue weighted by atomic mass is 16.6. The molecule has 0 bridgehead atoms. The molecule has 1 heterocycles. The number of rotatable bonds is 5. The molecule has 0 fully saturated rings. The molecule has 0 unspecified atom stereocenters. The van der Waals surface area contributed by atoms with E-state index in [0.717, 1.165) is 5.69 Å². The summed E-state index contributed by atoms with van der Waals surface area (Å²) in [6.07, 6.45) is 1.91. The molecule has 0 aliphatic heterocycles. The molecule has 0 spiro atoms. The molecule has 6 nitrogen and oxygen atoms in total. The summed E-state index contributed by atoms with van der Waals surface area (Å²) in [5.41, 5.74) is 0.505. The van der Waals surface area contributed by atoms with Gasteiger partial charge < -0.3 is 15.2 Å². The molecule has 1 amide bonds. The Hall–Kier alpha value is -1.56. The number of hydrogen-bond donors (Lipinski definition) is 2. The van der Waals surface area contributed by atoms with Crippen molar-refractivity contribution in [3.8, 4) is 0 Å². The SMILES string of the molecule is Cn1nccc1C[C@@H](CO)CNC(=O)OC(C)(C)C. The lowest BCUT2D eigenvalue weighted by atomic mass is 10.0. The number of nitrogens with zero attached hydrogens (tertiary/aromatic N) is 2. The number of ether oxygens (including phenoxy) is 1. The first-order valence-electron chi connectivity index (χ1n) is 6.36. The third-order valence-corrected chi connectivity index (χ3v) is 2.61. The van der Waals surface area contributed by atoms with Gasteiger partial charge in [-0.2, -0.15) is 5.10 Å². The van der Waals surface area contributed by atoms with Gasteiger partial charge in [0.2, 0.25) is 0 Å². The normalized spacial score (nSPS) is 13.1. The van der Waals surface area contributed by atoms with Crippen LogP contribution in [0.3, 0.4) is 0 Å². The van der Waals surface area contributed by atoms with Crippen molar-refractivity contribution in [1.29, 1.82) is 0 Å². The number of hydrogen-bond acceptors (Lipinski definition) is 4. The van der Waals surface area contributed by atoms with Crippen molar-refractivity contribution in [3.63, 3.8) is 0 Å². The molecule has 1 aromatic heterocycles. The Bertz CT molecular complexity index is 410. The van der Waals surface area contributed by atoms with E-state index in [1.165, 1.54) is 0 Å².